The molecule has 0 bridgehead atoms. The summed E-state index contributed by atoms with van der Waals surface area (Å²) >= 11 is 4.22. The Labute approximate surface area is 143 Å². The van der Waals surface area contributed by atoms with E-state index in [4.69, 9.17) is 0 Å². The molecule has 2 rings (SSSR count). The number of amidine groups is 1. The number of benzene rings is 1. The number of carbonyl (C=O) groups excluding carboxylic acids is 1. The van der Waals surface area contributed by atoms with Crippen LogP contribution in [0.25, 0.3) is 0 Å². The van der Waals surface area contributed by atoms with E-state index in [0.717, 1.165) is 21.8 Å². The van der Waals surface area contributed by atoms with Crippen molar-refractivity contribution in [3.63, 3.8) is 0 Å². The summed E-state index contributed by atoms with van der Waals surface area (Å²) in [5, 5.41) is 2.67. The third kappa shape index (κ3) is 3.22. The number of alkyl halides is 2. The maximum atomic E-state index is 13.7. The molecule has 1 fully saturated rings. The summed E-state index contributed by atoms with van der Waals surface area (Å²) < 4.78 is 26.3. The summed E-state index contributed by atoms with van der Waals surface area (Å²) in [4.78, 5) is 16.4. The van der Waals surface area contributed by atoms with Gasteiger partial charge in [-0.1, -0.05) is 55.1 Å². The van der Waals surface area contributed by atoms with Crippen molar-refractivity contribution in [2.75, 3.05) is 0 Å². The minimum atomic E-state index is -3.23. The van der Waals surface area contributed by atoms with Crippen LogP contribution in [0.5, 0.6) is 0 Å². The second-order valence-corrected chi connectivity index (χ2v) is 8.65. The molecule has 0 saturated carbocycles. The van der Waals surface area contributed by atoms with Crippen LogP contribution in [0, 0.1) is 0 Å². The van der Waals surface area contributed by atoms with Crippen LogP contribution in [-0.4, -0.2) is 21.5 Å². The van der Waals surface area contributed by atoms with Gasteiger partial charge in [0.25, 0.3) is 5.66 Å². The lowest BCUT2D eigenvalue weighted by Gasteiger charge is -2.26. The zero-order chi connectivity index (χ0) is 16.8. The highest BCUT2D eigenvalue weighted by Gasteiger charge is 2.58. The van der Waals surface area contributed by atoms with Gasteiger partial charge in [-0.3, -0.25) is 9.79 Å². The smallest absolute Gasteiger partial charge is 0.282 e. The molecule has 1 aliphatic heterocycles. The van der Waals surface area contributed by atoms with E-state index in [9.17, 15) is 13.6 Å². The predicted octanol–water partition coefficient (Wildman–Crippen LogP) is 4.13. The number of carbonyl (C=O) groups is 1. The predicted molar refractivity (Wildman–Crippen MR) is 93.4 cm³/mol. The molecule has 120 valence electrons. The van der Waals surface area contributed by atoms with Gasteiger partial charge in [0.2, 0.25) is 5.91 Å². The highest BCUT2D eigenvalue weighted by atomic mass is 79.9. The molecule has 1 aliphatic rings. The van der Waals surface area contributed by atoms with Crippen molar-refractivity contribution in [3.05, 3.63) is 34.3 Å². The third-order valence-corrected chi connectivity index (χ3v) is 6.24. The Balaban J connectivity index is 2.36. The Morgan fingerprint density at radius 3 is 2.45 bits per heavy atom. The van der Waals surface area contributed by atoms with E-state index in [1.54, 1.807) is 0 Å². The van der Waals surface area contributed by atoms with Crippen molar-refractivity contribution in [3.8, 4) is 0 Å². The van der Waals surface area contributed by atoms with Crippen molar-refractivity contribution >= 4 is 48.0 Å². The summed E-state index contributed by atoms with van der Waals surface area (Å²) in [6.07, 6.45) is 0. The van der Waals surface area contributed by atoms with Crippen LogP contribution in [0.15, 0.2) is 33.7 Å². The van der Waals surface area contributed by atoms with E-state index in [-0.39, 0.29) is 5.17 Å². The summed E-state index contributed by atoms with van der Waals surface area (Å²) in [6.45, 7) is 4.94. The Morgan fingerprint density at radius 2 is 1.95 bits per heavy atom. The van der Waals surface area contributed by atoms with Gasteiger partial charge < -0.3 is 5.32 Å². The standard InChI is InChI=1S/C14H16BrF2N2OPS/c1-12(2,8-6-4-5-7-9(8)15)19-11-18-10(20)13(3,22-11)14(16,17)21/h4-7H,21H2,1-3H3,(H,18,19,20). The first-order chi connectivity index (χ1) is 9.97. The first-order valence-electron chi connectivity index (χ1n) is 6.49. The molecule has 1 saturated heterocycles. The number of halogens is 3. The van der Waals surface area contributed by atoms with E-state index < -0.39 is 21.9 Å². The molecule has 8 heteroatoms. The fourth-order valence-electron chi connectivity index (χ4n) is 2.02. The number of hydrogen-bond donors (Lipinski definition) is 1. The number of aliphatic imine (C=N–C) groups is 1. The number of nitrogens with one attached hydrogen (secondary N) is 1. The molecule has 1 aromatic carbocycles. The van der Waals surface area contributed by atoms with Crippen molar-refractivity contribution in [1.29, 1.82) is 0 Å². The lowest BCUT2D eigenvalue weighted by atomic mass is 9.95. The molecule has 0 aromatic heterocycles. The molecule has 1 heterocycles. The first kappa shape index (κ1) is 17.8. The average molecular weight is 409 g/mol. The van der Waals surface area contributed by atoms with E-state index in [1.165, 1.54) is 16.2 Å². The van der Waals surface area contributed by atoms with Crippen molar-refractivity contribution < 1.29 is 13.6 Å². The normalized spacial score (nSPS) is 24.7. The Kier molecular flexibility index (Phi) is 4.73. The highest BCUT2D eigenvalue weighted by Crippen LogP contribution is 2.48. The van der Waals surface area contributed by atoms with Crippen molar-refractivity contribution in [2.24, 2.45) is 4.99 Å². The Hall–Kier alpha value is -0.520. The van der Waals surface area contributed by atoms with Gasteiger partial charge in [0.05, 0.1) is 5.54 Å². The molecular weight excluding hydrogens is 393 g/mol. The Morgan fingerprint density at radius 1 is 1.36 bits per heavy atom. The molecule has 1 N–H and O–H groups in total. The molecule has 1 aromatic rings. The quantitative estimate of drug-likeness (QED) is 0.763. The van der Waals surface area contributed by atoms with Gasteiger partial charge in [0, 0.05) is 4.47 Å². The molecule has 1 amide bonds. The van der Waals surface area contributed by atoms with Gasteiger partial charge in [-0.15, -0.1) is 0 Å². The summed E-state index contributed by atoms with van der Waals surface area (Å²) in [5.74, 6) is -0.737. The van der Waals surface area contributed by atoms with E-state index in [1.807, 2.05) is 38.1 Å². The van der Waals surface area contributed by atoms with Crippen LogP contribution in [-0.2, 0) is 10.3 Å². The molecule has 2 atom stereocenters. The zero-order valence-corrected chi connectivity index (χ0v) is 15.8. The lowest BCUT2D eigenvalue weighted by Crippen LogP contribution is -2.45. The van der Waals surface area contributed by atoms with Crippen LogP contribution >= 0.6 is 36.9 Å². The molecule has 0 spiro atoms. The highest BCUT2D eigenvalue weighted by molar-refractivity contribution is 9.10. The molecule has 0 aliphatic carbocycles. The first-order valence-corrected chi connectivity index (χ1v) is 8.68. The monoisotopic (exact) mass is 408 g/mol. The van der Waals surface area contributed by atoms with Gasteiger partial charge in [0.1, 0.15) is 0 Å². The van der Waals surface area contributed by atoms with Crippen molar-refractivity contribution in [1.82, 2.24) is 5.32 Å². The summed E-state index contributed by atoms with van der Waals surface area (Å²) in [7, 11) is 1.43. The number of amides is 1. The minimum Gasteiger partial charge on any atom is -0.304 e. The minimum absolute atomic E-state index is 0.204. The summed E-state index contributed by atoms with van der Waals surface area (Å²) in [6, 6.07) is 7.55. The fraction of sp³-hybridized carbons (Fsp3) is 0.429. The van der Waals surface area contributed by atoms with Gasteiger partial charge in [-0.25, -0.2) is 8.78 Å². The van der Waals surface area contributed by atoms with E-state index >= 15 is 0 Å². The third-order valence-electron chi connectivity index (χ3n) is 3.50. The maximum Gasteiger partial charge on any atom is 0.282 e. The fourth-order valence-corrected chi connectivity index (χ4v) is 4.19. The second kappa shape index (κ2) is 5.84. The number of hydrogen-bond acceptors (Lipinski definition) is 3. The molecule has 2 unspecified atom stereocenters. The van der Waals surface area contributed by atoms with E-state index in [0.29, 0.717) is 0 Å². The largest absolute Gasteiger partial charge is 0.304 e. The lowest BCUT2D eigenvalue weighted by molar-refractivity contribution is -0.125. The maximum absolute atomic E-state index is 13.7. The van der Waals surface area contributed by atoms with E-state index in [2.05, 4.69) is 26.2 Å². The zero-order valence-electron chi connectivity index (χ0n) is 12.3. The SMILES string of the molecule is CC(C)(N=C1NC(=O)C(C)(C(F)(F)P)S1)c1ccccc1Br. The topological polar surface area (TPSA) is 41.5 Å². The molecule has 22 heavy (non-hydrogen) atoms. The summed E-state index contributed by atoms with van der Waals surface area (Å²) in [5.41, 5.74) is -2.99. The van der Waals surface area contributed by atoms with Gasteiger partial charge in [0.15, 0.2) is 9.91 Å². The molecule has 0 radical (unpaired) electrons. The second-order valence-electron chi connectivity index (χ2n) is 5.67. The van der Waals surface area contributed by atoms with Gasteiger partial charge >= 0.3 is 0 Å². The Bertz CT molecular complexity index is 648. The van der Waals surface area contributed by atoms with Crippen molar-refractivity contribution in [2.45, 2.75) is 36.7 Å². The molecular formula is C14H16BrF2N2OPS. The van der Waals surface area contributed by atoms with Crippen LogP contribution in [0.1, 0.15) is 26.3 Å². The number of thioether (sulfide) groups is 1. The van der Waals surface area contributed by atoms with Crippen LogP contribution < -0.4 is 5.32 Å². The van der Waals surface area contributed by atoms with Crippen LogP contribution in [0.4, 0.5) is 8.78 Å². The van der Waals surface area contributed by atoms with Gasteiger partial charge in [-0.2, -0.15) is 0 Å². The average Bonchev–Trinajstić information content (AvgIpc) is 2.64. The van der Waals surface area contributed by atoms with Crippen LogP contribution in [0.2, 0.25) is 0 Å². The number of rotatable bonds is 3. The van der Waals surface area contributed by atoms with Gasteiger partial charge in [-0.05, 0) is 32.4 Å². The number of nitrogens with zero attached hydrogens (tertiary/aromatic N) is 1. The van der Waals surface area contributed by atoms with Crippen LogP contribution in [0.3, 0.4) is 0 Å². The molecule has 3 nitrogen and oxygen atoms in total.